The quantitative estimate of drug-likeness (QED) is 0.184. The van der Waals surface area contributed by atoms with E-state index in [4.69, 9.17) is 9.97 Å². The number of hydrogen-bond donors (Lipinski definition) is 0. The predicted molar refractivity (Wildman–Crippen MR) is 225 cm³/mol. The molecule has 0 aliphatic carbocycles. The molecular weight excluding hydrogens is 665 g/mol. The summed E-state index contributed by atoms with van der Waals surface area (Å²) in [4.78, 5) is 11.1. The molecule has 0 atom stereocenters. The number of hydrogen-bond acceptors (Lipinski definition) is 5. The molecule has 10 aromatic rings. The summed E-state index contributed by atoms with van der Waals surface area (Å²) in [6, 6.07) is 56.8. The van der Waals surface area contributed by atoms with Gasteiger partial charge in [-0.05, 0) is 71.3 Å². The fourth-order valence-corrected chi connectivity index (χ4v) is 9.71. The molecule has 4 nitrogen and oxygen atoms in total. The molecule has 0 unspecified atom stereocenters. The van der Waals surface area contributed by atoms with Crippen LogP contribution in [-0.4, -0.2) is 9.97 Å². The number of anilines is 4. The number of benzene rings is 8. The second-order valence-corrected chi connectivity index (χ2v) is 15.0. The van der Waals surface area contributed by atoms with Gasteiger partial charge in [-0.2, -0.15) is 0 Å². The highest BCUT2D eigenvalue weighted by Crippen LogP contribution is 2.59. The average Bonchev–Trinajstić information content (AvgIpc) is 3.60. The van der Waals surface area contributed by atoms with E-state index in [1.54, 1.807) is 0 Å². The summed E-state index contributed by atoms with van der Waals surface area (Å²) in [6.45, 7) is 4.32. The van der Waals surface area contributed by atoms with E-state index in [0.717, 1.165) is 39.2 Å². The molecule has 0 N–H and O–H groups in total. The zero-order valence-electron chi connectivity index (χ0n) is 29.2. The Balaban J connectivity index is 1.36. The number of para-hydroxylation sites is 2. The van der Waals surface area contributed by atoms with Gasteiger partial charge in [-0.25, -0.2) is 20.0 Å². The minimum atomic E-state index is 0.622. The summed E-state index contributed by atoms with van der Waals surface area (Å²) in [7, 11) is 0. The summed E-state index contributed by atoms with van der Waals surface area (Å²) < 4.78 is 2.47. The minimum Gasteiger partial charge on any atom is -0.246 e. The van der Waals surface area contributed by atoms with E-state index in [2.05, 4.69) is 182 Å². The van der Waals surface area contributed by atoms with Gasteiger partial charge in [-0.1, -0.05) is 133 Å². The van der Waals surface area contributed by atoms with Gasteiger partial charge >= 0.3 is 0 Å². The molecule has 0 fully saturated rings. The Hall–Kier alpha value is -6.56. The van der Waals surface area contributed by atoms with Gasteiger partial charge in [0.1, 0.15) is 0 Å². The largest absolute Gasteiger partial charge is 0.251 e. The van der Waals surface area contributed by atoms with Crippen LogP contribution in [0.1, 0.15) is 11.1 Å². The van der Waals surface area contributed by atoms with Crippen molar-refractivity contribution in [1.82, 2.24) is 9.97 Å². The number of rotatable bonds is 3. The van der Waals surface area contributed by atoms with Crippen LogP contribution >= 0.6 is 11.3 Å². The van der Waals surface area contributed by atoms with Gasteiger partial charge in [0.15, 0.2) is 0 Å². The molecule has 0 spiro atoms. The number of thiophene rings is 1. The van der Waals surface area contributed by atoms with Crippen LogP contribution in [0.3, 0.4) is 0 Å². The molecule has 0 amide bonds. The fraction of sp³-hybridized carbons (Fsp3) is 0.0417. The van der Waals surface area contributed by atoms with Crippen molar-refractivity contribution in [2.75, 3.05) is 10.0 Å². The van der Waals surface area contributed by atoms with E-state index >= 15 is 0 Å². The molecule has 0 bridgehead atoms. The zero-order chi connectivity index (χ0) is 35.2. The Kier molecular flexibility index (Phi) is 6.52. The fourth-order valence-electron chi connectivity index (χ4n) is 8.46. The summed E-state index contributed by atoms with van der Waals surface area (Å²) in [5.41, 5.74) is 11.0. The van der Waals surface area contributed by atoms with Crippen molar-refractivity contribution < 1.29 is 0 Å². The van der Waals surface area contributed by atoms with Crippen molar-refractivity contribution in [2.24, 2.45) is 0 Å². The number of hydrazine groups is 1. The number of fused-ring (bicyclic) bond motifs is 13. The van der Waals surface area contributed by atoms with Crippen molar-refractivity contribution in [2.45, 2.75) is 13.8 Å². The lowest BCUT2D eigenvalue weighted by Crippen LogP contribution is -2.40. The average molecular weight is 697 g/mol. The van der Waals surface area contributed by atoms with Gasteiger partial charge in [-0.3, -0.25) is 0 Å². The highest BCUT2D eigenvalue weighted by Gasteiger charge is 2.38. The first-order valence-electron chi connectivity index (χ1n) is 18.0. The molecule has 250 valence electrons. The highest BCUT2D eigenvalue weighted by molar-refractivity contribution is 7.26. The van der Waals surface area contributed by atoms with Gasteiger partial charge in [-0.15, -0.1) is 11.3 Å². The summed E-state index contributed by atoms with van der Waals surface area (Å²) in [5, 5.41) is 13.1. The smallest absolute Gasteiger partial charge is 0.246 e. The second-order valence-electron chi connectivity index (χ2n) is 13.9. The molecule has 1 aliphatic rings. The summed E-state index contributed by atoms with van der Waals surface area (Å²) in [5.74, 6) is 0.622. The zero-order valence-corrected chi connectivity index (χ0v) is 30.0. The third-order valence-corrected chi connectivity index (χ3v) is 11.9. The van der Waals surface area contributed by atoms with E-state index in [0.29, 0.717) is 5.95 Å². The van der Waals surface area contributed by atoms with Gasteiger partial charge in [0.2, 0.25) is 0 Å². The van der Waals surface area contributed by atoms with Crippen molar-refractivity contribution in [3.8, 4) is 22.4 Å². The van der Waals surface area contributed by atoms with Crippen LogP contribution in [0.2, 0.25) is 0 Å². The third-order valence-electron chi connectivity index (χ3n) is 10.7. The van der Waals surface area contributed by atoms with Crippen molar-refractivity contribution >= 4 is 87.0 Å². The van der Waals surface area contributed by atoms with Crippen LogP contribution in [0.25, 0.3) is 75.0 Å². The standard InChI is InChI=1S/C48H32N4S/c1-29-24-26-33(30(2)28-29)45-37-20-10-12-22-39(37)49-48(50-45)52-46-44(36-19-9-8-18-35(36)42-38-21-11-13-23-41(38)53-47(42)46)43-34-17-7-6-14-31(34)25-27-40(43)51(52)32-15-4-3-5-16-32/h3-28H,1-2H3. The lowest BCUT2D eigenvalue weighted by molar-refractivity contribution is 0.933. The topological polar surface area (TPSA) is 32.3 Å². The summed E-state index contributed by atoms with van der Waals surface area (Å²) in [6.07, 6.45) is 0. The first kappa shape index (κ1) is 30.1. The van der Waals surface area contributed by atoms with Crippen LogP contribution in [0.15, 0.2) is 158 Å². The van der Waals surface area contributed by atoms with Crippen molar-refractivity contribution in [3.05, 3.63) is 169 Å². The maximum Gasteiger partial charge on any atom is 0.251 e. The van der Waals surface area contributed by atoms with Gasteiger partial charge < -0.3 is 0 Å². The first-order valence-corrected chi connectivity index (χ1v) is 18.8. The molecule has 1 aliphatic heterocycles. The molecule has 11 rings (SSSR count). The van der Waals surface area contributed by atoms with Gasteiger partial charge in [0.25, 0.3) is 5.95 Å². The Bertz CT molecular complexity index is 3110. The van der Waals surface area contributed by atoms with E-state index < -0.39 is 0 Å². The van der Waals surface area contributed by atoms with Crippen LogP contribution < -0.4 is 10.0 Å². The van der Waals surface area contributed by atoms with Crippen LogP contribution in [-0.2, 0) is 0 Å². The van der Waals surface area contributed by atoms with Gasteiger partial charge in [0.05, 0.1) is 33.0 Å². The Labute approximate surface area is 310 Å². The molecular formula is C48H32N4S. The van der Waals surface area contributed by atoms with Gasteiger partial charge in [0, 0.05) is 37.5 Å². The molecule has 0 radical (unpaired) electrons. The lowest BCUT2D eigenvalue weighted by Gasteiger charge is -2.43. The Morgan fingerprint density at radius 1 is 0.528 bits per heavy atom. The SMILES string of the molecule is Cc1ccc(-c2nc(N3c4c(c5ccccc5c5c4sc4ccccc45)-c4c(ccc5ccccc45)N3c3ccccc3)nc3ccccc23)c(C)c1. The van der Waals surface area contributed by atoms with Crippen molar-refractivity contribution in [3.63, 3.8) is 0 Å². The van der Waals surface area contributed by atoms with E-state index in [-0.39, 0.29) is 0 Å². The number of nitrogens with zero attached hydrogens (tertiary/aromatic N) is 4. The number of aryl methyl sites for hydroxylation is 2. The highest BCUT2D eigenvalue weighted by atomic mass is 32.1. The van der Waals surface area contributed by atoms with Crippen LogP contribution in [0, 0.1) is 13.8 Å². The number of aromatic nitrogens is 2. The Morgan fingerprint density at radius 2 is 1.23 bits per heavy atom. The molecule has 0 saturated carbocycles. The summed E-state index contributed by atoms with van der Waals surface area (Å²) >= 11 is 1.85. The third kappa shape index (κ3) is 4.41. The van der Waals surface area contributed by atoms with Crippen molar-refractivity contribution in [1.29, 1.82) is 0 Å². The molecule has 3 heterocycles. The molecule has 0 saturated heterocycles. The monoisotopic (exact) mass is 696 g/mol. The van der Waals surface area contributed by atoms with E-state index in [1.807, 2.05) is 11.3 Å². The molecule has 5 heteroatoms. The first-order chi connectivity index (χ1) is 26.1. The normalized spacial score (nSPS) is 12.6. The predicted octanol–water partition coefficient (Wildman–Crippen LogP) is 13.5. The Morgan fingerprint density at radius 3 is 2.06 bits per heavy atom. The van der Waals surface area contributed by atoms with E-state index in [1.165, 1.54) is 64.0 Å². The molecule has 2 aromatic heterocycles. The lowest BCUT2D eigenvalue weighted by atomic mass is 9.87. The molecule has 8 aromatic carbocycles. The van der Waals surface area contributed by atoms with E-state index in [9.17, 15) is 0 Å². The van der Waals surface area contributed by atoms with Crippen LogP contribution in [0.5, 0.6) is 0 Å². The second kappa shape index (κ2) is 11.5. The maximum absolute atomic E-state index is 5.61. The minimum absolute atomic E-state index is 0.622. The molecule has 53 heavy (non-hydrogen) atoms. The maximum atomic E-state index is 5.61. The van der Waals surface area contributed by atoms with Crippen LogP contribution in [0.4, 0.5) is 23.0 Å².